The summed E-state index contributed by atoms with van der Waals surface area (Å²) in [6, 6.07) is 0.244. The monoisotopic (exact) mass is 185 g/mol. The molecule has 1 fully saturated rings. The van der Waals surface area contributed by atoms with E-state index in [-0.39, 0.29) is 25.3 Å². The summed E-state index contributed by atoms with van der Waals surface area (Å²) in [6.45, 7) is 7.03. The Morgan fingerprint density at radius 1 is 1.62 bits per heavy atom. The number of rotatable bonds is 4. The van der Waals surface area contributed by atoms with Gasteiger partial charge in [-0.05, 0) is 26.3 Å². The summed E-state index contributed by atoms with van der Waals surface area (Å²) in [5, 5.41) is 18.3. The van der Waals surface area contributed by atoms with Gasteiger partial charge < -0.3 is 10.2 Å². The minimum atomic E-state index is 0.0275. The standard InChI is InChI=1S/C10H19NO2/c1-8(2)10(7-13)11-5-3-4-9(11)6-12/h9-10,12-13H,1,3-7H2,2H3. The van der Waals surface area contributed by atoms with E-state index in [0.29, 0.717) is 0 Å². The Morgan fingerprint density at radius 2 is 2.31 bits per heavy atom. The summed E-state index contributed by atoms with van der Waals surface area (Å²) in [5.74, 6) is 0. The molecule has 0 bridgehead atoms. The third kappa shape index (κ3) is 2.30. The van der Waals surface area contributed by atoms with Crippen molar-refractivity contribution in [2.24, 2.45) is 0 Å². The lowest BCUT2D eigenvalue weighted by Gasteiger charge is -2.31. The summed E-state index contributed by atoms with van der Waals surface area (Å²) in [7, 11) is 0. The van der Waals surface area contributed by atoms with Crippen LogP contribution in [0.5, 0.6) is 0 Å². The van der Waals surface area contributed by atoms with Crippen LogP contribution in [0.15, 0.2) is 12.2 Å². The molecule has 1 rings (SSSR count). The first-order valence-electron chi connectivity index (χ1n) is 4.83. The molecule has 1 heterocycles. The second-order valence-electron chi connectivity index (χ2n) is 3.76. The van der Waals surface area contributed by atoms with E-state index in [1.54, 1.807) is 0 Å². The van der Waals surface area contributed by atoms with E-state index in [1.807, 2.05) is 6.92 Å². The van der Waals surface area contributed by atoms with Crippen LogP contribution in [0.25, 0.3) is 0 Å². The molecule has 0 saturated carbocycles. The predicted octanol–water partition coefficient (Wildman–Crippen LogP) is 0.380. The van der Waals surface area contributed by atoms with Crippen molar-refractivity contribution < 1.29 is 10.2 Å². The Kier molecular flexibility index (Phi) is 3.90. The molecule has 0 radical (unpaired) electrons. The molecule has 0 aliphatic carbocycles. The van der Waals surface area contributed by atoms with Crippen LogP contribution in [0.2, 0.25) is 0 Å². The third-order valence-electron chi connectivity index (χ3n) is 2.78. The molecular formula is C10H19NO2. The summed E-state index contributed by atoms with van der Waals surface area (Å²) in [5.41, 5.74) is 0.975. The minimum absolute atomic E-state index is 0.0275. The third-order valence-corrected chi connectivity index (χ3v) is 2.78. The first-order valence-corrected chi connectivity index (χ1v) is 4.83. The van der Waals surface area contributed by atoms with Crippen molar-refractivity contribution in [3.05, 3.63) is 12.2 Å². The molecule has 0 amide bonds. The Morgan fingerprint density at radius 3 is 2.77 bits per heavy atom. The highest BCUT2D eigenvalue weighted by atomic mass is 16.3. The molecule has 1 aliphatic rings. The molecule has 76 valence electrons. The maximum atomic E-state index is 9.19. The quantitative estimate of drug-likeness (QED) is 0.622. The molecule has 13 heavy (non-hydrogen) atoms. The first-order chi connectivity index (χ1) is 6.20. The predicted molar refractivity (Wildman–Crippen MR) is 52.5 cm³/mol. The topological polar surface area (TPSA) is 43.7 Å². The minimum Gasteiger partial charge on any atom is -0.395 e. The van der Waals surface area contributed by atoms with Gasteiger partial charge in [-0.15, -0.1) is 0 Å². The summed E-state index contributed by atoms with van der Waals surface area (Å²) in [4.78, 5) is 2.16. The van der Waals surface area contributed by atoms with Gasteiger partial charge in [0.1, 0.15) is 0 Å². The van der Waals surface area contributed by atoms with E-state index in [0.717, 1.165) is 25.0 Å². The maximum absolute atomic E-state index is 9.19. The average Bonchev–Trinajstić information content (AvgIpc) is 2.53. The van der Waals surface area contributed by atoms with Gasteiger partial charge in [0, 0.05) is 6.04 Å². The molecular weight excluding hydrogens is 166 g/mol. The number of aliphatic hydroxyl groups excluding tert-OH is 2. The fourth-order valence-corrected chi connectivity index (χ4v) is 2.01. The van der Waals surface area contributed by atoms with E-state index in [2.05, 4.69) is 11.5 Å². The van der Waals surface area contributed by atoms with Gasteiger partial charge in [-0.3, -0.25) is 4.90 Å². The van der Waals surface area contributed by atoms with Crippen molar-refractivity contribution in [2.75, 3.05) is 19.8 Å². The normalized spacial score (nSPS) is 26.2. The molecule has 1 aliphatic heterocycles. The zero-order valence-electron chi connectivity index (χ0n) is 8.24. The van der Waals surface area contributed by atoms with Gasteiger partial charge in [-0.2, -0.15) is 0 Å². The van der Waals surface area contributed by atoms with Crippen molar-refractivity contribution in [3.8, 4) is 0 Å². The van der Waals surface area contributed by atoms with Crippen LogP contribution in [0, 0.1) is 0 Å². The number of aliphatic hydroxyl groups is 2. The van der Waals surface area contributed by atoms with E-state index in [1.165, 1.54) is 0 Å². The van der Waals surface area contributed by atoms with Crippen LogP contribution < -0.4 is 0 Å². The average molecular weight is 185 g/mol. The largest absolute Gasteiger partial charge is 0.395 e. The molecule has 3 heteroatoms. The van der Waals surface area contributed by atoms with E-state index in [9.17, 15) is 5.11 Å². The maximum Gasteiger partial charge on any atom is 0.0625 e. The van der Waals surface area contributed by atoms with Gasteiger partial charge in [0.05, 0.1) is 19.3 Å². The van der Waals surface area contributed by atoms with Gasteiger partial charge in [-0.25, -0.2) is 0 Å². The second kappa shape index (κ2) is 4.74. The molecule has 2 unspecified atom stereocenters. The number of nitrogens with zero attached hydrogens (tertiary/aromatic N) is 1. The van der Waals surface area contributed by atoms with Gasteiger partial charge in [0.25, 0.3) is 0 Å². The van der Waals surface area contributed by atoms with Crippen LogP contribution >= 0.6 is 0 Å². The van der Waals surface area contributed by atoms with Crippen LogP contribution in [-0.2, 0) is 0 Å². The van der Waals surface area contributed by atoms with E-state index < -0.39 is 0 Å². The smallest absolute Gasteiger partial charge is 0.0625 e. The van der Waals surface area contributed by atoms with Crippen LogP contribution in [0.3, 0.4) is 0 Å². The summed E-state index contributed by atoms with van der Waals surface area (Å²) < 4.78 is 0. The lowest BCUT2D eigenvalue weighted by atomic mass is 10.1. The fraction of sp³-hybridized carbons (Fsp3) is 0.800. The lowest BCUT2D eigenvalue weighted by Crippen LogP contribution is -2.43. The highest BCUT2D eigenvalue weighted by Gasteiger charge is 2.29. The van der Waals surface area contributed by atoms with Crippen molar-refractivity contribution in [2.45, 2.75) is 31.8 Å². The molecule has 3 nitrogen and oxygen atoms in total. The van der Waals surface area contributed by atoms with Crippen LogP contribution in [0.4, 0.5) is 0 Å². The zero-order valence-corrected chi connectivity index (χ0v) is 8.24. The first kappa shape index (κ1) is 10.7. The fourth-order valence-electron chi connectivity index (χ4n) is 2.01. The Labute approximate surface area is 79.7 Å². The summed E-state index contributed by atoms with van der Waals surface area (Å²) >= 11 is 0. The Bertz CT molecular complexity index is 182. The van der Waals surface area contributed by atoms with Crippen molar-refractivity contribution >= 4 is 0 Å². The van der Waals surface area contributed by atoms with E-state index >= 15 is 0 Å². The Hall–Kier alpha value is -0.380. The van der Waals surface area contributed by atoms with Gasteiger partial charge in [0.2, 0.25) is 0 Å². The number of hydrogen-bond donors (Lipinski definition) is 2. The summed E-state index contributed by atoms with van der Waals surface area (Å²) in [6.07, 6.45) is 2.13. The van der Waals surface area contributed by atoms with Crippen molar-refractivity contribution in [1.82, 2.24) is 4.90 Å². The molecule has 0 aromatic heterocycles. The van der Waals surface area contributed by atoms with Crippen LogP contribution in [0.1, 0.15) is 19.8 Å². The Balaban J connectivity index is 2.61. The molecule has 2 atom stereocenters. The molecule has 1 saturated heterocycles. The highest BCUT2D eigenvalue weighted by molar-refractivity contribution is 5.04. The molecule has 0 aromatic rings. The SMILES string of the molecule is C=C(C)C(CO)N1CCCC1CO. The molecule has 0 aromatic carbocycles. The van der Waals surface area contributed by atoms with Gasteiger partial charge >= 0.3 is 0 Å². The van der Waals surface area contributed by atoms with Crippen LogP contribution in [-0.4, -0.2) is 47.0 Å². The van der Waals surface area contributed by atoms with Crippen molar-refractivity contribution in [1.29, 1.82) is 0 Å². The zero-order chi connectivity index (χ0) is 9.84. The number of likely N-dealkylation sites (tertiary alicyclic amines) is 1. The lowest BCUT2D eigenvalue weighted by molar-refractivity contribution is 0.0978. The van der Waals surface area contributed by atoms with Gasteiger partial charge in [0.15, 0.2) is 0 Å². The van der Waals surface area contributed by atoms with Crippen molar-refractivity contribution in [3.63, 3.8) is 0 Å². The van der Waals surface area contributed by atoms with E-state index in [4.69, 9.17) is 5.11 Å². The molecule has 0 spiro atoms. The highest BCUT2D eigenvalue weighted by Crippen LogP contribution is 2.22. The molecule has 2 N–H and O–H groups in total. The second-order valence-corrected chi connectivity index (χ2v) is 3.76. The number of hydrogen-bond acceptors (Lipinski definition) is 3. The van der Waals surface area contributed by atoms with Gasteiger partial charge in [-0.1, -0.05) is 12.2 Å².